The molecule has 0 saturated carbocycles. The van der Waals surface area contributed by atoms with E-state index in [-0.39, 0.29) is 12.1 Å². The number of hydrogen-bond donors (Lipinski definition) is 2. The van der Waals surface area contributed by atoms with Crippen molar-refractivity contribution in [3.63, 3.8) is 0 Å². The predicted molar refractivity (Wildman–Crippen MR) is 83.8 cm³/mol. The number of phenols is 1. The fourth-order valence-corrected chi connectivity index (χ4v) is 3.07. The summed E-state index contributed by atoms with van der Waals surface area (Å²) in [5.74, 6) is 1.32. The summed E-state index contributed by atoms with van der Waals surface area (Å²) in [6.07, 6.45) is 0.896. The van der Waals surface area contributed by atoms with Gasteiger partial charge < -0.3 is 15.2 Å². The van der Waals surface area contributed by atoms with Crippen LogP contribution in [0.4, 0.5) is 0 Å². The minimum Gasteiger partial charge on any atom is -0.507 e. The van der Waals surface area contributed by atoms with Crippen LogP contribution in [0.3, 0.4) is 0 Å². The molecule has 21 heavy (non-hydrogen) atoms. The molecule has 2 N–H and O–H groups in total. The van der Waals surface area contributed by atoms with Crippen LogP contribution in [0, 0.1) is 13.8 Å². The van der Waals surface area contributed by atoms with Crippen molar-refractivity contribution in [2.45, 2.75) is 32.4 Å². The van der Waals surface area contributed by atoms with Gasteiger partial charge in [0.25, 0.3) is 0 Å². The normalized spacial score (nSPS) is 20.7. The molecular weight excluding hydrogens is 262 g/mol. The lowest BCUT2D eigenvalue weighted by Gasteiger charge is -2.32. The SMILES string of the molecule is CNC1CC(c2cc(C)c(O)c(C)c2)Oc2ccccc21. The lowest BCUT2D eigenvalue weighted by atomic mass is 9.91. The van der Waals surface area contributed by atoms with Crippen LogP contribution >= 0.6 is 0 Å². The highest BCUT2D eigenvalue weighted by molar-refractivity contribution is 5.45. The first kappa shape index (κ1) is 14.0. The zero-order valence-corrected chi connectivity index (χ0v) is 12.7. The molecule has 2 aromatic carbocycles. The van der Waals surface area contributed by atoms with E-state index in [1.807, 2.05) is 51.2 Å². The summed E-state index contributed by atoms with van der Waals surface area (Å²) in [7, 11) is 1.98. The van der Waals surface area contributed by atoms with Crippen molar-refractivity contribution in [3.8, 4) is 11.5 Å². The molecule has 0 aromatic heterocycles. The summed E-state index contributed by atoms with van der Waals surface area (Å²) in [5.41, 5.74) is 4.13. The van der Waals surface area contributed by atoms with E-state index < -0.39 is 0 Å². The van der Waals surface area contributed by atoms with Crippen LogP contribution < -0.4 is 10.1 Å². The second kappa shape index (κ2) is 5.41. The molecule has 1 heterocycles. The highest BCUT2D eigenvalue weighted by Gasteiger charge is 2.28. The van der Waals surface area contributed by atoms with E-state index >= 15 is 0 Å². The van der Waals surface area contributed by atoms with Crippen molar-refractivity contribution >= 4 is 0 Å². The Balaban J connectivity index is 1.98. The van der Waals surface area contributed by atoms with Crippen LogP contribution in [0.2, 0.25) is 0 Å². The van der Waals surface area contributed by atoms with Gasteiger partial charge in [-0.15, -0.1) is 0 Å². The number of aromatic hydroxyl groups is 1. The summed E-state index contributed by atoms with van der Waals surface area (Å²) in [5, 5.41) is 13.3. The molecule has 3 rings (SSSR count). The van der Waals surface area contributed by atoms with E-state index in [1.165, 1.54) is 5.56 Å². The number of ether oxygens (including phenoxy) is 1. The molecule has 110 valence electrons. The van der Waals surface area contributed by atoms with Gasteiger partial charge in [0.2, 0.25) is 0 Å². The van der Waals surface area contributed by atoms with E-state index in [2.05, 4.69) is 11.4 Å². The van der Waals surface area contributed by atoms with Gasteiger partial charge in [0.1, 0.15) is 17.6 Å². The summed E-state index contributed by atoms with van der Waals surface area (Å²) in [6.45, 7) is 3.86. The van der Waals surface area contributed by atoms with Gasteiger partial charge in [-0.3, -0.25) is 0 Å². The number of para-hydroxylation sites is 1. The van der Waals surface area contributed by atoms with Gasteiger partial charge in [-0.25, -0.2) is 0 Å². The molecule has 2 unspecified atom stereocenters. The van der Waals surface area contributed by atoms with E-state index in [1.54, 1.807) is 0 Å². The van der Waals surface area contributed by atoms with Crippen LogP contribution in [0.1, 0.15) is 40.8 Å². The quantitative estimate of drug-likeness (QED) is 0.881. The predicted octanol–water partition coefficient (Wildman–Crippen LogP) is 3.79. The molecule has 1 aliphatic heterocycles. The van der Waals surface area contributed by atoms with Crippen LogP contribution in [0.25, 0.3) is 0 Å². The van der Waals surface area contributed by atoms with Crippen molar-refractivity contribution < 1.29 is 9.84 Å². The molecule has 0 bridgehead atoms. The second-order valence-electron chi connectivity index (χ2n) is 5.72. The molecule has 1 aliphatic rings. The molecule has 2 aromatic rings. The number of nitrogens with one attached hydrogen (secondary N) is 1. The standard InChI is InChI=1S/C18H21NO2/c1-11-8-13(9-12(2)18(11)20)17-10-15(19-3)14-6-4-5-7-16(14)21-17/h4-9,15,17,19-20H,10H2,1-3H3. The Bertz CT molecular complexity index is 643. The van der Waals surface area contributed by atoms with E-state index in [4.69, 9.17) is 4.74 Å². The summed E-state index contributed by atoms with van der Waals surface area (Å²) in [6, 6.07) is 12.5. The van der Waals surface area contributed by atoms with Gasteiger partial charge in [-0.05, 0) is 55.8 Å². The van der Waals surface area contributed by atoms with Crippen molar-refractivity contribution in [2.75, 3.05) is 7.05 Å². The van der Waals surface area contributed by atoms with Crippen molar-refractivity contribution in [2.24, 2.45) is 0 Å². The van der Waals surface area contributed by atoms with E-state index in [9.17, 15) is 5.11 Å². The number of phenolic OH excluding ortho intramolecular Hbond substituents is 1. The second-order valence-corrected chi connectivity index (χ2v) is 5.72. The monoisotopic (exact) mass is 283 g/mol. The summed E-state index contributed by atoms with van der Waals surface area (Å²) >= 11 is 0. The zero-order chi connectivity index (χ0) is 15.0. The first-order valence-corrected chi connectivity index (χ1v) is 7.33. The molecular formula is C18H21NO2. The molecule has 0 saturated heterocycles. The minimum absolute atomic E-state index is 0.00958. The van der Waals surface area contributed by atoms with Gasteiger partial charge >= 0.3 is 0 Å². The van der Waals surface area contributed by atoms with Gasteiger partial charge in [-0.2, -0.15) is 0 Å². The average molecular weight is 283 g/mol. The van der Waals surface area contributed by atoms with Crippen molar-refractivity contribution in [3.05, 3.63) is 58.7 Å². The smallest absolute Gasteiger partial charge is 0.126 e. The van der Waals surface area contributed by atoms with E-state index in [0.717, 1.165) is 28.9 Å². The van der Waals surface area contributed by atoms with Crippen molar-refractivity contribution in [1.82, 2.24) is 5.32 Å². The Kier molecular flexibility index (Phi) is 3.60. The lowest BCUT2D eigenvalue weighted by molar-refractivity contribution is 0.153. The highest BCUT2D eigenvalue weighted by Crippen LogP contribution is 2.41. The molecule has 0 spiro atoms. The van der Waals surface area contributed by atoms with Crippen LogP contribution in [0.5, 0.6) is 11.5 Å². The Morgan fingerprint density at radius 2 is 1.81 bits per heavy atom. The van der Waals surface area contributed by atoms with Gasteiger partial charge in [0, 0.05) is 18.0 Å². The summed E-state index contributed by atoms with van der Waals surface area (Å²) < 4.78 is 6.18. The molecule has 3 heteroatoms. The zero-order valence-electron chi connectivity index (χ0n) is 12.7. The largest absolute Gasteiger partial charge is 0.507 e. The van der Waals surface area contributed by atoms with E-state index in [0.29, 0.717) is 5.75 Å². The maximum absolute atomic E-state index is 9.93. The third-order valence-corrected chi connectivity index (χ3v) is 4.25. The third kappa shape index (κ3) is 2.49. The van der Waals surface area contributed by atoms with Gasteiger partial charge in [0.05, 0.1) is 0 Å². The van der Waals surface area contributed by atoms with Crippen molar-refractivity contribution in [1.29, 1.82) is 0 Å². The van der Waals surface area contributed by atoms with Crippen LogP contribution in [-0.2, 0) is 0 Å². The van der Waals surface area contributed by atoms with Gasteiger partial charge in [-0.1, -0.05) is 18.2 Å². The Hall–Kier alpha value is -2.00. The summed E-state index contributed by atoms with van der Waals surface area (Å²) in [4.78, 5) is 0. The fraction of sp³-hybridized carbons (Fsp3) is 0.333. The highest BCUT2D eigenvalue weighted by atomic mass is 16.5. The molecule has 3 nitrogen and oxygen atoms in total. The maximum Gasteiger partial charge on any atom is 0.126 e. The fourth-order valence-electron chi connectivity index (χ4n) is 3.07. The molecule has 0 amide bonds. The first-order chi connectivity index (χ1) is 10.1. The van der Waals surface area contributed by atoms with Gasteiger partial charge in [0.15, 0.2) is 0 Å². The molecule has 0 aliphatic carbocycles. The topological polar surface area (TPSA) is 41.5 Å². The third-order valence-electron chi connectivity index (χ3n) is 4.25. The minimum atomic E-state index is 0.00958. The Labute approximate surface area is 125 Å². The number of aryl methyl sites for hydroxylation is 2. The Morgan fingerprint density at radius 1 is 1.14 bits per heavy atom. The first-order valence-electron chi connectivity index (χ1n) is 7.33. The lowest BCUT2D eigenvalue weighted by Crippen LogP contribution is -2.26. The number of hydrogen-bond acceptors (Lipinski definition) is 3. The number of benzene rings is 2. The number of fused-ring (bicyclic) bond motifs is 1. The molecule has 2 atom stereocenters. The Morgan fingerprint density at radius 3 is 2.48 bits per heavy atom. The molecule has 0 fully saturated rings. The van der Waals surface area contributed by atoms with Crippen LogP contribution in [-0.4, -0.2) is 12.2 Å². The maximum atomic E-state index is 9.93. The van der Waals surface area contributed by atoms with Crippen LogP contribution in [0.15, 0.2) is 36.4 Å². The average Bonchev–Trinajstić information content (AvgIpc) is 2.51. The number of rotatable bonds is 2. The molecule has 0 radical (unpaired) electrons.